The average Bonchev–Trinajstić information content (AvgIpc) is 2.88. The maximum Gasteiger partial charge on any atom is 0.191 e. The molecule has 8 heteroatoms. The highest BCUT2D eigenvalue weighted by molar-refractivity contribution is 14.0. The molecule has 0 radical (unpaired) electrons. The van der Waals surface area contributed by atoms with Crippen molar-refractivity contribution in [3.8, 4) is 0 Å². The van der Waals surface area contributed by atoms with Crippen molar-refractivity contribution in [3.05, 3.63) is 17.0 Å². The van der Waals surface area contributed by atoms with Gasteiger partial charge in [0.25, 0.3) is 0 Å². The third-order valence-corrected chi connectivity index (χ3v) is 5.39. The minimum Gasteiger partial charge on any atom is -0.379 e. The van der Waals surface area contributed by atoms with Gasteiger partial charge < -0.3 is 15.4 Å². The van der Waals surface area contributed by atoms with E-state index < -0.39 is 0 Å². The van der Waals surface area contributed by atoms with E-state index >= 15 is 0 Å². The molecular weight excluding hydrogens is 467 g/mol. The number of nitrogens with one attached hydrogen (secondary N) is 2. The maximum absolute atomic E-state index is 5.50. The van der Waals surface area contributed by atoms with Crippen molar-refractivity contribution >= 4 is 29.9 Å². The molecule has 2 heterocycles. The van der Waals surface area contributed by atoms with Gasteiger partial charge in [0.2, 0.25) is 0 Å². The fourth-order valence-corrected chi connectivity index (χ4v) is 3.67. The van der Waals surface area contributed by atoms with Gasteiger partial charge in [0.15, 0.2) is 5.96 Å². The van der Waals surface area contributed by atoms with Gasteiger partial charge >= 0.3 is 0 Å². The number of halogens is 1. The Morgan fingerprint density at radius 2 is 1.89 bits per heavy atom. The lowest BCUT2D eigenvalue weighted by Crippen LogP contribution is -2.48. The molecule has 1 unspecified atom stereocenters. The first-order chi connectivity index (χ1) is 12.9. The third-order valence-electron chi connectivity index (χ3n) is 5.39. The molecule has 1 atom stereocenters. The smallest absolute Gasteiger partial charge is 0.191 e. The summed E-state index contributed by atoms with van der Waals surface area (Å²) in [6, 6.07) is 0.451. The third kappa shape index (κ3) is 7.18. The summed E-state index contributed by atoms with van der Waals surface area (Å²) >= 11 is 0. The Bertz CT molecular complexity index is 610. The molecule has 1 aliphatic heterocycles. The van der Waals surface area contributed by atoms with Crippen molar-refractivity contribution in [1.82, 2.24) is 25.3 Å². The van der Waals surface area contributed by atoms with Crippen LogP contribution in [0.3, 0.4) is 0 Å². The van der Waals surface area contributed by atoms with Crippen LogP contribution < -0.4 is 10.6 Å². The minimum absolute atomic E-state index is 0. The molecule has 1 saturated heterocycles. The molecular formula is C20H39IN6O. The molecule has 0 spiro atoms. The first-order valence-electron chi connectivity index (χ1n) is 10.3. The van der Waals surface area contributed by atoms with Crippen molar-refractivity contribution in [2.75, 3.05) is 45.9 Å². The SMILES string of the molecule is CCNC(=NCC(C(C)C)N1CCOCC1)NCCc1c(C)nn(C)c1C.I. The Morgan fingerprint density at radius 1 is 1.21 bits per heavy atom. The Morgan fingerprint density at radius 3 is 2.43 bits per heavy atom. The zero-order chi connectivity index (χ0) is 19.8. The number of aliphatic imine (C=N–C) groups is 1. The summed E-state index contributed by atoms with van der Waals surface area (Å²) in [5.74, 6) is 1.46. The van der Waals surface area contributed by atoms with Crippen LogP contribution in [0.15, 0.2) is 4.99 Å². The number of aryl methyl sites for hydroxylation is 2. The molecule has 162 valence electrons. The van der Waals surface area contributed by atoms with Crippen molar-refractivity contribution in [2.45, 2.75) is 47.1 Å². The van der Waals surface area contributed by atoms with Crippen LogP contribution >= 0.6 is 24.0 Å². The molecule has 28 heavy (non-hydrogen) atoms. The summed E-state index contributed by atoms with van der Waals surface area (Å²) < 4.78 is 7.46. The predicted octanol–water partition coefficient (Wildman–Crippen LogP) is 2.11. The molecule has 1 aliphatic rings. The van der Waals surface area contributed by atoms with Gasteiger partial charge in [-0.1, -0.05) is 13.8 Å². The molecule has 1 aromatic rings. The first kappa shape index (κ1) is 25.2. The topological polar surface area (TPSA) is 66.7 Å². The Kier molecular flexibility index (Phi) is 11.4. The fraction of sp³-hybridized carbons (Fsp3) is 0.800. The highest BCUT2D eigenvalue weighted by Gasteiger charge is 2.23. The average molecular weight is 506 g/mol. The van der Waals surface area contributed by atoms with E-state index in [0.717, 1.165) is 64.0 Å². The van der Waals surface area contributed by atoms with E-state index in [0.29, 0.717) is 12.0 Å². The molecule has 0 bridgehead atoms. The number of guanidine groups is 1. The van der Waals surface area contributed by atoms with Crippen LogP contribution in [0.5, 0.6) is 0 Å². The van der Waals surface area contributed by atoms with Crippen LogP contribution in [0, 0.1) is 19.8 Å². The van der Waals surface area contributed by atoms with Crippen LogP contribution in [0.4, 0.5) is 0 Å². The lowest BCUT2D eigenvalue weighted by atomic mass is 10.0. The zero-order valence-electron chi connectivity index (χ0n) is 18.4. The number of morpholine rings is 1. The van der Waals surface area contributed by atoms with E-state index in [1.807, 2.05) is 11.7 Å². The Labute approximate surface area is 187 Å². The number of hydrogen-bond donors (Lipinski definition) is 2. The number of hydrogen-bond acceptors (Lipinski definition) is 4. The highest BCUT2D eigenvalue weighted by atomic mass is 127. The van der Waals surface area contributed by atoms with Crippen molar-refractivity contribution < 1.29 is 4.74 Å². The van der Waals surface area contributed by atoms with Crippen LogP contribution in [0.2, 0.25) is 0 Å². The van der Waals surface area contributed by atoms with Crippen LogP contribution in [-0.2, 0) is 18.2 Å². The molecule has 2 rings (SSSR count). The van der Waals surface area contributed by atoms with E-state index in [9.17, 15) is 0 Å². The summed E-state index contributed by atoms with van der Waals surface area (Å²) in [7, 11) is 2.00. The van der Waals surface area contributed by atoms with Gasteiger partial charge in [-0.25, -0.2) is 0 Å². The van der Waals surface area contributed by atoms with Gasteiger partial charge in [-0.2, -0.15) is 5.10 Å². The second-order valence-corrected chi connectivity index (χ2v) is 7.63. The van der Waals surface area contributed by atoms with Gasteiger partial charge in [-0.15, -0.1) is 24.0 Å². The van der Waals surface area contributed by atoms with Crippen molar-refractivity contribution in [3.63, 3.8) is 0 Å². The summed E-state index contributed by atoms with van der Waals surface area (Å²) in [6.07, 6.45) is 0.951. The van der Waals surface area contributed by atoms with Gasteiger partial charge in [-0.05, 0) is 38.7 Å². The van der Waals surface area contributed by atoms with Gasteiger partial charge in [0.1, 0.15) is 0 Å². The number of aromatic nitrogens is 2. The van der Waals surface area contributed by atoms with Crippen LogP contribution in [0.1, 0.15) is 37.7 Å². The van der Waals surface area contributed by atoms with E-state index in [2.05, 4.69) is 55.3 Å². The van der Waals surface area contributed by atoms with Gasteiger partial charge in [-0.3, -0.25) is 14.6 Å². The monoisotopic (exact) mass is 506 g/mol. The second-order valence-electron chi connectivity index (χ2n) is 7.63. The Balaban J connectivity index is 0.00000392. The minimum atomic E-state index is 0. The summed E-state index contributed by atoms with van der Waals surface area (Å²) in [5, 5.41) is 11.4. The van der Waals surface area contributed by atoms with E-state index in [1.165, 1.54) is 11.3 Å². The normalized spacial score (nSPS) is 16.8. The van der Waals surface area contributed by atoms with Crippen molar-refractivity contribution in [2.24, 2.45) is 18.0 Å². The van der Waals surface area contributed by atoms with Gasteiger partial charge in [0, 0.05) is 45.0 Å². The standard InChI is InChI=1S/C20H38N6O.HI/c1-7-21-20(22-9-8-18-16(4)24-25(6)17(18)5)23-14-19(15(2)3)26-10-12-27-13-11-26;/h15,19H,7-14H2,1-6H3,(H2,21,22,23);1H. The lowest BCUT2D eigenvalue weighted by Gasteiger charge is -2.36. The summed E-state index contributed by atoms with van der Waals surface area (Å²) in [5.41, 5.74) is 3.68. The van der Waals surface area contributed by atoms with Crippen LogP contribution in [0.25, 0.3) is 0 Å². The molecule has 0 aliphatic carbocycles. The molecule has 0 aromatic carbocycles. The Hall–Kier alpha value is -0.870. The summed E-state index contributed by atoms with van der Waals surface area (Å²) in [4.78, 5) is 7.40. The second kappa shape index (κ2) is 12.6. The first-order valence-corrected chi connectivity index (χ1v) is 10.3. The molecule has 1 aromatic heterocycles. The van der Waals surface area contributed by atoms with Crippen LogP contribution in [-0.4, -0.2) is 72.6 Å². The fourth-order valence-electron chi connectivity index (χ4n) is 3.67. The van der Waals surface area contributed by atoms with Gasteiger partial charge in [0.05, 0.1) is 25.5 Å². The summed E-state index contributed by atoms with van der Waals surface area (Å²) in [6.45, 7) is 17.1. The zero-order valence-corrected chi connectivity index (χ0v) is 20.7. The van der Waals surface area contributed by atoms with E-state index in [4.69, 9.17) is 9.73 Å². The lowest BCUT2D eigenvalue weighted by molar-refractivity contribution is 0.00867. The number of rotatable bonds is 8. The predicted molar refractivity (Wildman–Crippen MR) is 127 cm³/mol. The highest BCUT2D eigenvalue weighted by Crippen LogP contribution is 2.14. The largest absolute Gasteiger partial charge is 0.379 e. The van der Waals surface area contributed by atoms with E-state index in [1.54, 1.807) is 0 Å². The molecule has 7 nitrogen and oxygen atoms in total. The molecule has 0 amide bonds. The van der Waals surface area contributed by atoms with Crippen molar-refractivity contribution in [1.29, 1.82) is 0 Å². The molecule has 2 N–H and O–H groups in total. The number of nitrogens with zero attached hydrogens (tertiary/aromatic N) is 4. The van der Waals surface area contributed by atoms with E-state index in [-0.39, 0.29) is 24.0 Å². The molecule has 1 fully saturated rings. The number of ether oxygens (including phenoxy) is 1. The maximum atomic E-state index is 5.50. The molecule has 0 saturated carbocycles. The quantitative estimate of drug-likeness (QED) is 0.321.